The van der Waals surface area contributed by atoms with Crippen molar-refractivity contribution in [3.63, 3.8) is 0 Å². The summed E-state index contributed by atoms with van der Waals surface area (Å²) in [6.45, 7) is 3.48. The fourth-order valence-corrected chi connectivity index (χ4v) is 3.47. The number of hydrogen-bond donors (Lipinski definition) is 2. The lowest BCUT2D eigenvalue weighted by atomic mass is 10.0. The molecule has 0 aromatic heterocycles. The molecule has 0 unspecified atom stereocenters. The second-order valence-electron chi connectivity index (χ2n) is 4.09. The van der Waals surface area contributed by atoms with Crippen molar-refractivity contribution in [1.29, 1.82) is 0 Å². The SMILES string of the molecule is CC[C@@H]([C@@H](N)c1cccc(N)c1)S(=O)(=O)CC. The molecule has 0 aliphatic carbocycles. The van der Waals surface area contributed by atoms with Crippen LogP contribution in [0.3, 0.4) is 0 Å². The van der Waals surface area contributed by atoms with Crippen molar-refractivity contribution >= 4 is 15.5 Å². The third kappa shape index (κ3) is 3.20. The third-order valence-electron chi connectivity index (χ3n) is 2.96. The molecule has 1 rings (SSSR count). The van der Waals surface area contributed by atoms with E-state index in [1.165, 1.54) is 0 Å². The van der Waals surface area contributed by atoms with Crippen LogP contribution >= 0.6 is 0 Å². The van der Waals surface area contributed by atoms with Crippen molar-refractivity contribution in [3.05, 3.63) is 29.8 Å². The minimum absolute atomic E-state index is 0.113. The zero-order chi connectivity index (χ0) is 13.1. The second kappa shape index (κ2) is 5.51. The van der Waals surface area contributed by atoms with Gasteiger partial charge in [-0.2, -0.15) is 0 Å². The van der Waals surface area contributed by atoms with Crippen LogP contribution in [-0.2, 0) is 9.84 Å². The number of benzene rings is 1. The monoisotopic (exact) mass is 256 g/mol. The van der Waals surface area contributed by atoms with Crippen molar-refractivity contribution < 1.29 is 8.42 Å². The Bertz CT molecular complexity index is 471. The molecule has 96 valence electrons. The number of anilines is 1. The van der Waals surface area contributed by atoms with Gasteiger partial charge in [0.2, 0.25) is 0 Å². The first kappa shape index (κ1) is 14.0. The average molecular weight is 256 g/mol. The van der Waals surface area contributed by atoms with Gasteiger partial charge in [-0.25, -0.2) is 8.42 Å². The third-order valence-corrected chi connectivity index (χ3v) is 5.32. The van der Waals surface area contributed by atoms with Crippen LogP contribution in [0.15, 0.2) is 24.3 Å². The highest BCUT2D eigenvalue weighted by Gasteiger charge is 2.29. The lowest BCUT2D eigenvalue weighted by Crippen LogP contribution is -2.34. The van der Waals surface area contributed by atoms with Gasteiger partial charge in [0.25, 0.3) is 0 Å². The zero-order valence-electron chi connectivity index (χ0n) is 10.3. The maximum Gasteiger partial charge on any atom is 0.154 e. The Hall–Kier alpha value is -1.07. The Balaban J connectivity index is 3.06. The summed E-state index contributed by atoms with van der Waals surface area (Å²) >= 11 is 0. The molecule has 0 bridgehead atoms. The van der Waals surface area contributed by atoms with Gasteiger partial charge >= 0.3 is 0 Å². The summed E-state index contributed by atoms with van der Waals surface area (Å²) in [6.07, 6.45) is 0.506. The van der Waals surface area contributed by atoms with E-state index in [0.29, 0.717) is 12.1 Å². The molecule has 0 heterocycles. The second-order valence-corrected chi connectivity index (χ2v) is 6.60. The van der Waals surface area contributed by atoms with E-state index in [4.69, 9.17) is 11.5 Å². The smallest absolute Gasteiger partial charge is 0.154 e. The molecule has 17 heavy (non-hydrogen) atoms. The van der Waals surface area contributed by atoms with E-state index >= 15 is 0 Å². The number of nitrogen functional groups attached to an aromatic ring is 1. The van der Waals surface area contributed by atoms with Crippen LogP contribution in [0.2, 0.25) is 0 Å². The molecule has 0 amide bonds. The van der Waals surface area contributed by atoms with Crippen molar-refractivity contribution in [2.24, 2.45) is 5.73 Å². The average Bonchev–Trinajstić information content (AvgIpc) is 2.29. The molecule has 0 spiro atoms. The standard InChI is InChI=1S/C12H20N2O2S/c1-3-11(17(15,16)4-2)12(14)9-6-5-7-10(13)8-9/h5-8,11-12H,3-4,13-14H2,1-2H3/t11-,12-/m0/s1. The molecule has 2 atom stereocenters. The predicted molar refractivity (Wildman–Crippen MR) is 71.3 cm³/mol. The van der Waals surface area contributed by atoms with E-state index in [0.717, 1.165) is 5.56 Å². The molecule has 5 heteroatoms. The summed E-state index contributed by atoms with van der Waals surface area (Å²) in [5.74, 6) is 0.113. The van der Waals surface area contributed by atoms with E-state index in [1.54, 1.807) is 25.1 Å². The van der Waals surface area contributed by atoms with Crippen LogP contribution in [0.1, 0.15) is 31.9 Å². The van der Waals surface area contributed by atoms with Crippen molar-refractivity contribution in [2.75, 3.05) is 11.5 Å². The van der Waals surface area contributed by atoms with Gasteiger partial charge in [0.1, 0.15) is 0 Å². The van der Waals surface area contributed by atoms with Crippen molar-refractivity contribution in [1.82, 2.24) is 0 Å². The summed E-state index contributed by atoms with van der Waals surface area (Å²) in [5, 5.41) is -0.547. The van der Waals surface area contributed by atoms with E-state index in [1.807, 2.05) is 13.0 Å². The minimum atomic E-state index is -3.14. The van der Waals surface area contributed by atoms with Crippen LogP contribution in [0.25, 0.3) is 0 Å². The Morgan fingerprint density at radius 3 is 2.41 bits per heavy atom. The Morgan fingerprint density at radius 1 is 1.29 bits per heavy atom. The van der Waals surface area contributed by atoms with Crippen LogP contribution in [0.4, 0.5) is 5.69 Å². The maximum absolute atomic E-state index is 11.9. The van der Waals surface area contributed by atoms with E-state index in [-0.39, 0.29) is 5.75 Å². The molecule has 4 nitrogen and oxygen atoms in total. The number of nitrogens with two attached hydrogens (primary N) is 2. The lowest BCUT2D eigenvalue weighted by Gasteiger charge is -2.22. The zero-order valence-corrected chi connectivity index (χ0v) is 11.1. The fraction of sp³-hybridized carbons (Fsp3) is 0.500. The highest BCUT2D eigenvalue weighted by Crippen LogP contribution is 2.24. The van der Waals surface area contributed by atoms with Crippen molar-refractivity contribution in [2.45, 2.75) is 31.6 Å². The number of rotatable bonds is 5. The normalized spacial score (nSPS) is 15.5. The highest BCUT2D eigenvalue weighted by molar-refractivity contribution is 7.92. The lowest BCUT2D eigenvalue weighted by molar-refractivity contribution is 0.549. The van der Waals surface area contributed by atoms with Gasteiger partial charge in [-0.05, 0) is 24.1 Å². The van der Waals surface area contributed by atoms with Crippen LogP contribution < -0.4 is 11.5 Å². The summed E-state index contributed by atoms with van der Waals surface area (Å²) in [5.41, 5.74) is 13.1. The Labute approximate surface area is 103 Å². The van der Waals surface area contributed by atoms with Crippen LogP contribution in [0.5, 0.6) is 0 Å². The van der Waals surface area contributed by atoms with Crippen LogP contribution in [-0.4, -0.2) is 19.4 Å². The summed E-state index contributed by atoms with van der Waals surface area (Å²) in [6, 6.07) is 6.57. The fourth-order valence-electron chi connectivity index (χ4n) is 1.93. The van der Waals surface area contributed by atoms with Crippen LogP contribution in [0, 0.1) is 0 Å². The van der Waals surface area contributed by atoms with E-state index < -0.39 is 21.1 Å². The molecular weight excluding hydrogens is 236 g/mol. The van der Waals surface area contributed by atoms with E-state index in [2.05, 4.69) is 0 Å². The first-order chi connectivity index (χ1) is 7.92. The minimum Gasteiger partial charge on any atom is -0.399 e. The molecule has 1 aromatic carbocycles. The molecule has 0 aliphatic rings. The molecule has 0 saturated heterocycles. The quantitative estimate of drug-likeness (QED) is 0.781. The van der Waals surface area contributed by atoms with Gasteiger partial charge < -0.3 is 11.5 Å². The van der Waals surface area contributed by atoms with Gasteiger partial charge in [-0.1, -0.05) is 26.0 Å². The van der Waals surface area contributed by atoms with E-state index in [9.17, 15) is 8.42 Å². The Kier molecular flexibility index (Phi) is 4.54. The summed E-state index contributed by atoms with van der Waals surface area (Å²) < 4.78 is 23.8. The summed E-state index contributed by atoms with van der Waals surface area (Å²) in [4.78, 5) is 0. The largest absolute Gasteiger partial charge is 0.399 e. The van der Waals surface area contributed by atoms with Gasteiger partial charge in [-0.15, -0.1) is 0 Å². The summed E-state index contributed by atoms with van der Waals surface area (Å²) in [7, 11) is -3.14. The van der Waals surface area contributed by atoms with Crippen molar-refractivity contribution in [3.8, 4) is 0 Å². The number of sulfone groups is 1. The first-order valence-corrected chi connectivity index (χ1v) is 7.46. The maximum atomic E-state index is 11.9. The molecule has 0 radical (unpaired) electrons. The number of hydrogen-bond acceptors (Lipinski definition) is 4. The topological polar surface area (TPSA) is 86.2 Å². The Morgan fingerprint density at radius 2 is 1.94 bits per heavy atom. The first-order valence-electron chi connectivity index (χ1n) is 5.75. The molecule has 0 saturated carbocycles. The predicted octanol–water partition coefficient (Wildman–Crippen LogP) is 1.48. The molecule has 0 aliphatic heterocycles. The molecule has 4 N–H and O–H groups in total. The molecule has 0 fully saturated rings. The van der Waals surface area contributed by atoms with Gasteiger partial charge in [0, 0.05) is 17.5 Å². The van der Waals surface area contributed by atoms with Gasteiger partial charge in [-0.3, -0.25) is 0 Å². The molecular formula is C12H20N2O2S. The molecule has 1 aromatic rings. The van der Waals surface area contributed by atoms with Gasteiger partial charge in [0.15, 0.2) is 9.84 Å². The highest BCUT2D eigenvalue weighted by atomic mass is 32.2. The van der Waals surface area contributed by atoms with Gasteiger partial charge in [0.05, 0.1) is 5.25 Å².